The maximum absolute atomic E-state index is 12.6. The number of benzene rings is 2. The normalized spacial score (nSPS) is 13.1. The highest BCUT2D eigenvalue weighted by molar-refractivity contribution is 6.04. The molecule has 1 aliphatic rings. The van der Waals surface area contributed by atoms with Gasteiger partial charge in [-0.2, -0.15) is 0 Å². The monoisotopic (exact) mass is 434 g/mol. The minimum Gasteiger partial charge on any atom is -0.489 e. The van der Waals surface area contributed by atoms with E-state index in [-0.39, 0.29) is 11.9 Å². The Balaban J connectivity index is 1.34. The highest BCUT2D eigenvalue weighted by atomic mass is 16.5. The molecule has 1 aromatic heterocycles. The molecular weight excluding hydrogens is 408 g/mol. The van der Waals surface area contributed by atoms with Crippen molar-refractivity contribution in [3.63, 3.8) is 0 Å². The van der Waals surface area contributed by atoms with Gasteiger partial charge in [-0.3, -0.25) is 4.79 Å². The van der Waals surface area contributed by atoms with E-state index in [0.717, 1.165) is 42.9 Å². The van der Waals surface area contributed by atoms with Gasteiger partial charge in [-0.25, -0.2) is 4.79 Å². The smallest absolute Gasteiger partial charge is 0.321 e. The predicted molar refractivity (Wildman–Crippen MR) is 121 cm³/mol. The van der Waals surface area contributed by atoms with E-state index in [1.54, 1.807) is 53.4 Å². The zero-order valence-corrected chi connectivity index (χ0v) is 18.2. The third kappa shape index (κ3) is 5.08. The number of aromatic nitrogens is 1. The highest BCUT2D eigenvalue weighted by Crippen LogP contribution is 2.20. The third-order valence-electron chi connectivity index (χ3n) is 5.45. The topological polar surface area (TPSA) is 96.7 Å². The molecule has 2 aromatic carbocycles. The molecule has 2 heterocycles. The summed E-state index contributed by atoms with van der Waals surface area (Å²) in [6, 6.07) is 13.9. The van der Waals surface area contributed by atoms with E-state index in [9.17, 15) is 9.59 Å². The first-order chi connectivity index (χ1) is 15.5. The average molecular weight is 434 g/mol. The third-order valence-corrected chi connectivity index (χ3v) is 5.45. The van der Waals surface area contributed by atoms with Gasteiger partial charge in [-0.05, 0) is 69.2 Å². The Labute approximate surface area is 186 Å². The van der Waals surface area contributed by atoms with E-state index in [2.05, 4.69) is 15.8 Å². The maximum Gasteiger partial charge on any atom is 0.321 e. The molecular formula is C24H26N4O4. The minimum absolute atomic E-state index is 0.113. The van der Waals surface area contributed by atoms with E-state index < -0.39 is 0 Å². The van der Waals surface area contributed by atoms with Crippen molar-refractivity contribution in [2.24, 2.45) is 0 Å². The van der Waals surface area contributed by atoms with Crippen LogP contribution in [-0.4, -0.2) is 35.1 Å². The van der Waals surface area contributed by atoms with E-state index in [0.29, 0.717) is 29.3 Å². The van der Waals surface area contributed by atoms with Crippen LogP contribution < -0.4 is 15.4 Å². The number of hydrogen-bond acceptors (Lipinski definition) is 5. The second-order valence-electron chi connectivity index (χ2n) is 7.78. The molecule has 3 aromatic rings. The molecule has 32 heavy (non-hydrogen) atoms. The maximum atomic E-state index is 12.6. The first-order valence-corrected chi connectivity index (χ1v) is 10.6. The number of aryl methyl sites for hydroxylation is 2. The van der Waals surface area contributed by atoms with Crippen molar-refractivity contribution in [1.82, 2.24) is 10.1 Å². The van der Waals surface area contributed by atoms with Gasteiger partial charge in [0.2, 0.25) is 0 Å². The van der Waals surface area contributed by atoms with Gasteiger partial charge < -0.3 is 24.8 Å². The van der Waals surface area contributed by atoms with E-state index in [4.69, 9.17) is 9.26 Å². The number of amides is 3. The van der Waals surface area contributed by atoms with Crippen LogP contribution in [0.25, 0.3) is 0 Å². The number of likely N-dealkylation sites (tertiary alicyclic amines) is 1. The lowest BCUT2D eigenvalue weighted by Gasteiger charge is -2.16. The summed E-state index contributed by atoms with van der Waals surface area (Å²) in [7, 11) is 0. The number of rotatable bonds is 6. The van der Waals surface area contributed by atoms with Gasteiger partial charge in [0, 0.05) is 30.0 Å². The molecule has 0 spiro atoms. The molecule has 1 aliphatic heterocycles. The van der Waals surface area contributed by atoms with Crippen LogP contribution in [0.5, 0.6) is 5.75 Å². The molecule has 166 valence electrons. The van der Waals surface area contributed by atoms with Crippen LogP contribution in [0.4, 0.5) is 16.2 Å². The number of urea groups is 1. The SMILES string of the molecule is Cc1noc(C)c1COc1ccc(C(=O)Nc2cccc(NC(=O)N3CCCC3)c2)cc1. The van der Waals surface area contributed by atoms with Crippen LogP contribution in [0.2, 0.25) is 0 Å². The molecule has 0 aliphatic carbocycles. The van der Waals surface area contributed by atoms with Gasteiger partial charge in [-0.15, -0.1) is 0 Å². The quantitative estimate of drug-likeness (QED) is 0.584. The molecule has 2 N–H and O–H groups in total. The zero-order chi connectivity index (χ0) is 22.5. The standard InChI is InChI=1S/C24H26N4O4/c1-16-22(17(2)32-27-16)15-31-21-10-8-18(9-11-21)23(29)25-19-6-5-7-20(14-19)26-24(30)28-12-3-4-13-28/h5-11,14H,3-4,12-13,15H2,1-2H3,(H,25,29)(H,26,30). The summed E-state index contributed by atoms with van der Waals surface area (Å²) in [6.45, 7) is 5.62. The van der Waals surface area contributed by atoms with E-state index in [1.807, 2.05) is 13.8 Å². The second-order valence-corrected chi connectivity index (χ2v) is 7.78. The second kappa shape index (κ2) is 9.55. The Bertz CT molecular complexity index is 1080. The molecule has 1 saturated heterocycles. The van der Waals surface area contributed by atoms with Gasteiger partial charge in [0.05, 0.1) is 11.3 Å². The Morgan fingerprint density at radius 3 is 2.38 bits per heavy atom. The lowest BCUT2D eigenvalue weighted by atomic mass is 10.2. The van der Waals surface area contributed by atoms with Crippen LogP contribution in [0.1, 0.15) is 40.2 Å². The van der Waals surface area contributed by atoms with E-state index in [1.165, 1.54) is 0 Å². The predicted octanol–water partition coefficient (Wildman–Crippen LogP) is 4.75. The van der Waals surface area contributed by atoms with Crippen molar-refractivity contribution in [2.45, 2.75) is 33.3 Å². The van der Waals surface area contributed by atoms with Crippen molar-refractivity contribution < 1.29 is 18.8 Å². The van der Waals surface area contributed by atoms with Gasteiger partial charge in [0.15, 0.2) is 0 Å². The number of hydrogen-bond donors (Lipinski definition) is 2. The molecule has 3 amide bonds. The number of carbonyl (C=O) groups excluding carboxylic acids is 2. The molecule has 8 heteroatoms. The van der Waals surface area contributed by atoms with Gasteiger partial charge in [0.25, 0.3) is 5.91 Å². The summed E-state index contributed by atoms with van der Waals surface area (Å²) in [4.78, 5) is 26.7. The fraction of sp³-hybridized carbons (Fsp3) is 0.292. The largest absolute Gasteiger partial charge is 0.489 e. The first kappa shape index (κ1) is 21.4. The lowest BCUT2D eigenvalue weighted by Crippen LogP contribution is -2.32. The van der Waals surface area contributed by atoms with Crippen LogP contribution >= 0.6 is 0 Å². The number of ether oxygens (including phenoxy) is 1. The fourth-order valence-electron chi connectivity index (χ4n) is 3.57. The molecule has 0 saturated carbocycles. The molecule has 0 bridgehead atoms. The van der Waals surface area contributed by atoms with E-state index >= 15 is 0 Å². The van der Waals surface area contributed by atoms with Crippen molar-refractivity contribution >= 4 is 23.3 Å². The Morgan fingerprint density at radius 1 is 1.03 bits per heavy atom. The number of anilines is 2. The van der Waals surface area contributed by atoms with Crippen molar-refractivity contribution in [1.29, 1.82) is 0 Å². The lowest BCUT2D eigenvalue weighted by molar-refractivity contribution is 0.102. The number of nitrogens with zero attached hydrogens (tertiary/aromatic N) is 2. The molecule has 0 radical (unpaired) electrons. The summed E-state index contributed by atoms with van der Waals surface area (Å²) in [5, 5.41) is 9.67. The van der Waals surface area contributed by atoms with Crippen molar-refractivity contribution in [2.75, 3.05) is 23.7 Å². The Hall–Kier alpha value is -3.81. The van der Waals surface area contributed by atoms with Gasteiger partial charge in [-0.1, -0.05) is 11.2 Å². The Morgan fingerprint density at radius 2 is 1.72 bits per heavy atom. The molecule has 1 fully saturated rings. The molecule has 0 atom stereocenters. The van der Waals surface area contributed by atoms with Crippen molar-refractivity contribution in [3.05, 3.63) is 71.1 Å². The number of carbonyl (C=O) groups is 2. The highest BCUT2D eigenvalue weighted by Gasteiger charge is 2.18. The van der Waals surface area contributed by atoms with Gasteiger partial charge in [0.1, 0.15) is 18.1 Å². The summed E-state index contributed by atoms with van der Waals surface area (Å²) in [5.74, 6) is 1.14. The summed E-state index contributed by atoms with van der Waals surface area (Å²) in [6.07, 6.45) is 2.07. The van der Waals surface area contributed by atoms with Crippen LogP contribution in [0.15, 0.2) is 53.1 Å². The van der Waals surface area contributed by atoms with Gasteiger partial charge >= 0.3 is 6.03 Å². The summed E-state index contributed by atoms with van der Waals surface area (Å²) >= 11 is 0. The molecule has 8 nitrogen and oxygen atoms in total. The van der Waals surface area contributed by atoms with Crippen LogP contribution in [0.3, 0.4) is 0 Å². The zero-order valence-electron chi connectivity index (χ0n) is 18.2. The summed E-state index contributed by atoms with van der Waals surface area (Å²) in [5.41, 5.74) is 3.47. The van der Waals surface area contributed by atoms with Crippen LogP contribution in [-0.2, 0) is 6.61 Å². The van der Waals surface area contributed by atoms with Crippen LogP contribution in [0, 0.1) is 13.8 Å². The average Bonchev–Trinajstić information content (AvgIpc) is 3.43. The fourth-order valence-corrected chi connectivity index (χ4v) is 3.57. The summed E-state index contributed by atoms with van der Waals surface area (Å²) < 4.78 is 10.9. The minimum atomic E-state index is -0.245. The molecule has 4 rings (SSSR count). The number of nitrogens with one attached hydrogen (secondary N) is 2. The van der Waals surface area contributed by atoms with Crippen molar-refractivity contribution in [3.8, 4) is 5.75 Å². The first-order valence-electron chi connectivity index (χ1n) is 10.6. The Kier molecular flexibility index (Phi) is 6.39. The molecule has 0 unspecified atom stereocenters.